The van der Waals surface area contributed by atoms with Crippen LogP contribution in [0.3, 0.4) is 0 Å². The Balaban J connectivity index is 2.67. The van der Waals surface area contributed by atoms with E-state index in [1.165, 1.54) is 26.1 Å². The average Bonchev–Trinajstić information content (AvgIpc) is 2.11. The Bertz CT molecular complexity index is 160. The summed E-state index contributed by atoms with van der Waals surface area (Å²) >= 11 is 0. The molecule has 1 rings (SSSR count). The standard InChI is InChI=1S/C11H24N2/c1-11(2,3)10-9-12(4)7-6-8-13(10)5/h10H,6-9H2,1-5H3. The summed E-state index contributed by atoms with van der Waals surface area (Å²) in [6.45, 7) is 10.7. The van der Waals surface area contributed by atoms with E-state index < -0.39 is 0 Å². The molecule has 0 aliphatic carbocycles. The third-order valence-corrected chi connectivity index (χ3v) is 3.07. The molecule has 0 spiro atoms. The molecule has 13 heavy (non-hydrogen) atoms. The van der Waals surface area contributed by atoms with Crippen molar-refractivity contribution in [3.63, 3.8) is 0 Å². The van der Waals surface area contributed by atoms with E-state index in [-0.39, 0.29) is 0 Å². The van der Waals surface area contributed by atoms with Gasteiger partial charge in [0.1, 0.15) is 0 Å². The maximum absolute atomic E-state index is 2.52. The van der Waals surface area contributed by atoms with Crippen LogP contribution in [0.25, 0.3) is 0 Å². The summed E-state index contributed by atoms with van der Waals surface area (Å²) in [7, 11) is 4.49. The van der Waals surface area contributed by atoms with E-state index in [2.05, 4.69) is 44.7 Å². The molecule has 0 aromatic carbocycles. The van der Waals surface area contributed by atoms with Gasteiger partial charge in [0.05, 0.1) is 0 Å². The van der Waals surface area contributed by atoms with Gasteiger partial charge >= 0.3 is 0 Å². The second kappa shape index (κ2) is 3.97. The van der Waals surface area contributed by atoms with Crippen LogP contribution in [0, 0.1) is 5.41 Å². The first-order valence-electron chi connectivity index (χ1n) is 5.30. The van der Waals surface area contributed by atoms with Crippen molar-refractivity contribution in [1.29, 1.82) is 0 Å². The lowest BCUT2D eigenvalue weighted by Gasteiger charge is -2.38. The number of hydrogen-bond donors (Lipinski definition) is 0. The van der Waals surface area contributed by atoms with E-state index in [1.807, 2.05) is 0 Å². The highest BCUT2D eigenvalue weighted by atomic mass is 15.2. The zero-order valence-electron chi connectivity index (χ0n) is 9.80. The van der Waals surface area contributed by atoms with Crippen molar-refractivity contribution in [3.8, 4) is 0 Å². The van der Waals surface area contributed by atoms with Gasteiger partial charge in [-0.2, -0.15) is 0 Å². The molecular weight excluding hydrogens is 160 g/mol. The Morgan fingerprint density at radius 1 is 1.08 bits per heavy atom. The zero-order valence-corrected chi connectivity index (χ0v) is 9.80. The van der Waals surface area contributed by atoms with E-state index >= 15 is 0 Å². The lowest BCUT2D eigenvalue weighted by molar-refractivity contribution is 0.116. The minimum atomic E-state index is 0.396. The Morgan fingerprint density at radius 3 is 2.23 bits per heavy atom. The Kier molecular flexibility index (Phi) is 3.36. The molecule has 1 aliphatic heterocycles. The third-order valence-electron chi connectivity index (χ3n) is 3.07. The molecule has 2 nitrogen and oxygen atoms in total. The van der Waals surface area contributed by atoms with Crippen LogP contribution < -0.4 is 0 Å². The number of hydrogen-bond acceptors (Lipinski definition) is 2. The molecular formula is C11H24N2. The second-order valence-electron chi connectivity index (χ2n) is 5.48. The largest absolute Gasteiger partial charge is 0.305 e. The Labute approximate surface area is 82.9 Å². The van der Waals surface area contributed by atoms with Gasteiger partial charge in [-0.1, -0.05) is 20.8 Å². The van der Waals surface area contributed by atoms with Gasteiger partial charge in [-0.05, 0) is 39.0 Å². The number of likely N-dealkylation sites (N-methyl/N-ethyl adjacent to an activating group) is 2. The minimum Gasteiger partial charge on any atom is -0.305 e. The zero-order chi connectivity index (χ0) is 10.1. The first kappa shape index (κ1) is 11.0. The first-order valence-corrected chi connectivity index (χ1v) is 5.30. The van der Waals surface area contributed by atoms with Gasteiger partial charge < -0.3 is 9.80 Å². The fraction of sp³-hybridized carbons (Fsp3) is 1.00. The van der Waals surface area contributed by atoms with Gasteiger partial charge in [0.25, 0.3) is 0 Å². The summed E-state index contributed by atoms with van der Waals surface area (Å²) in [5, 5.41) is 0. The fourth-order valence-corrected chi connectivity index (χ4v) is 2.21. The van der Waals surface area contributed by atoms with E-state index in [1.54, 1.807) is 0 Å². The van der Waals surface area contributed by atoms with Gasteiger partial charge in [0.2, 0.25) is 0 Å². The van der Waals surface area contributed by atoms with Gasteiger partial charge in [-0.3, -0.25) is 0 Å². The fourth-order valence-electron chi connectivity index (χ4n) is 2.21. The van der Waals surface area contributed by atoms with Crippen LogP contribution in [0.5, 0.6) is 0 Å². The van der Waals surface area contributed by atoms with Gasteiger partial charge in [0.15, 0.2) is 0 Å². The van der Waals surface area contributed by atoms with Crippen molar-refractivity contribution in [2.24, 2.45) is 5.41 Å². The summed E-state index contributed by atoms with van der Waals surface area (Å²) in [4.78, 5) is 4.98. The molecule has 0 bridgehead atoms. The summed E-state index contributed by atoms with van der Waals surface area (Å²) < 4.78 is 0. The van der Waals surface area contributed by atoms with Crippen molar-refractivity contribution >= 4 is 0 Å². The quantitative estimate of drug-likeness (QED) is 0.565. The van der Waals surface area contributed by atoms with Crippen molar-refractivity contribution in [3.05, 3.63) is 0 Å². The van der Waals surface area contributed by atoms with Crippen LogP contribution in [0.1, 0.15) is 27.2 Å². The number of rotatable bonds is 0. The maximum Gasteiger partial charge on any atom is 0.0268 e. The molecule has 1 unspecified atom stereocenters. The molecule has 0 aromatic rings. The van der Waals surface area contributed by atoms with Crippen molar-refractivity contribution in [2.75, 3.05) is 33.7 Å². The molecule has 78 valence electrons. The van der Waals surface area contributed by atoms with E-state index in [9.17, 15) is 0 Å². The summed E-state index contributed by atoms with van der Waals surface area (Å²) in [5.41, 5.74) is 0.396. The van der Waals surface area contributed by atoms with Crippen molar-refractivity contribution < 1.29 is 0 Å². The van der Waals surface area contributed by atoms with Crippen LogP contribution in [-0.2, 0) is 0 Å². The summed E-state index contributed by atoms with van der Waals surface area (Å²) in [6, 6.07) is 0.694. The highest BCUT2D eigenvalue weighted by molar-refractivity contribution is 4.85. The maximum atomic E-state index is 2.52. The molecule has 1 fully saturated rings. The van der Waals surface area contributed by atoms with Gasteiger partial charge in [-0.15, -0.1) is 0 Å². The lowest BCUT2D eigenvalue weighted by Crippen LogP contribution is -2.46. The van der Waals surface area contributed by atoms with E-state index in [4.69, 9.17) is 0 Å². The smallest absolute Gasteiger partial charge is 0.0268 e. The summed E-state index contributed by atoms with van der Waals surface area (Å²) in [6.07, 6.45) is 1.31. The molecule has 2 heteroatoms. The van der Waals surface area contributed by atoms with Crippen LogP contribution in [0.15, 0.2) is 0 Å². The first-order chi connectivity index (χ1) is 5.91. The Hall–Kier alpha value is -0.0800. The van der Waals surface area contributed by atoms with E-state index in [0.29, 0.717) is 11.5 Å². The van der Waals surface area contributed by atoms with Gasteiger partial charge in [-0.25, -0.2) is 0 Å². The molecule has 0 aromatic heterocycles. The van der Waals surface area contributed by atoms with Gasteiger partial charge in [0, 0.05) is 12.6 Å². The molecule has 0 radical (unpaired) electrons. The highest BCUT2D eigenvalue weighted by Gasteiger charge is 2.30. The second-order valence-corrected chi connectivity index (χ2v) is 5.48. The lowest BCUT2D eigenvalue weighted by atomic mass is 9.85. The van der Waals surface area contributed by atoms with E-state index in [0.717, 1.165) is 0 Å². The Morgan fingerprint density at radius 2 is 1.69 bits per heavy atom. The highest BCUT2D eigenvalue weighted by Crippen LogP contribution is 2.25. The van der Waals surface area contributed by atoms with Crippen LogP contribution in [0.4, 0.5) is 0 Å². The third kappa shape index (κ3) is 2.96. The van der Waals surface area contributed by atoms with Crippen molar-refractivity contribution in [1.82, 2.24) is 9.80 Å². The van der Waals surface area contributed by atoms with Crippen molar-refractivity contribution in [2.45, 2.75) is 33.2 Å². The van der Waals surface area contributed by atoms with Crippen LogP contribution in [-0.4, -0.2) is 49.6 Å². The molecule has 1 saturated heterocycles. The minimum absolute atomic E-state index is 0.396. The molecule has 0 N–H and O–H groups in total. The predicted molar refractivity (Wildman–Crippen MR) is 58.0 cm³/mol. The molecule has 1 atom stereocenters. The molecule has 0 amide bonds. The topological polar surface area (TPSA) is 6.48 Å². The van der Waals surface area contributed by atoms with Crippen LogP contribution in [0.2, 0.25) is 0 Å². The van der Waals surface area contributed by atoms with Crippen LogP contribution >= 0.6 is 0 Å². The average molecular weight is 184 g/mol. The monoisotopic (exact) mass is 184 g/mol. The molecule has 0 saturated carbocycles. The summed E-state index contributed by atoms with van der Waals surface area (Å²) in [5.74, 6) is 0. The predicted octanol–water partition coefficient (Wildman–Crippen LogP) is 1.67. The normalized spacial score (nSPS) is 28.8. The molecule has 1 aliphatic rings. The SMILES string of the molecule is CN1CCCN(C)C(C(C)(C)C)C1. The number of nitrogens with zero attached hydrogens (tertiary/aromatic N) is 2. The molecule has 1 heterocycles.